The van der Waals surface area contributed by atoms with Gasteiger partial charge in [-0.05, 0) is 6.07 Å². The van der Waals surface area contributed by atoms with Crippen molar-refractivity contribution in [2.45, 2.75) is 24.4 Å². The molecule has 0 amide bonds. The van der Waals surface area contributed by atoms with Crippen LogP contribution in [0, 0.1) is 0 Å². The van der Waals surface area contributed by atoms with Crippen LogP contribution < -0.4 is 0 Å². The molecule has 0 aliphatic carbocycles. The van der Waals surface area contributed by atoms with E-state index in [4.69, 9.17) is 10.2 Å². The minimum atomic E-state index is -2.52. The topological polar surface area (TPSA) is 216 Å². The third-order valence-electron chi connectivity index (χ3n) is 3.25. The maximum Gasteiger partial charge on any atom is 0.336 e. The van der Waals surface area contributed by atoms with Crippen molar-refractivity contribution in [2.24, 2.45) is 0 Å². The van der Waals surface area contributed by atoms with Crippen molar-refractivity contribution in [1.82, 2.24) is 0 Å². The minimum absolute atomic E-state index is 0.433. The van der Waals surface area contributed by atoms with E-state index in [1.165, 1.54) is 0 Å². The van der Waals surface area contributed by atoms with E-state index >= 15 is 0 Å². The second-order valence-corrected chi connectivity index (χ2v) is 4.86. The first kappa shape index (κ1) is 19.6. The highest BCUT2D eigenvalue weighted by molar-refractivity contribution is 6.10. The number of ketones is 1. The molecular formula is C13H16O11. The quantitative estimate of drug-likeness (QED) is 0.180. The van der Waals surface area contributed by atoms with Gasteiger partial charge in [0.05, 0.1) is 17.7 Å². The number of aromatic hydroxyl groups is 3. The number of carbonyl (C=O) groups excluding carboxylic acids is 1. The zero-order valence-corrected chi connectivity index (χ0v) is 11.9. The summed E-state index contributed by atoms with van der Waals surface area (Å²) in [6.45, 7) is -1.01. The van der Waals surface area contributed by atoms with Gasteiger partial charge in [-0.25, -0.2) is 4.79 Å². The van der Waals surface area contributed by atoms with Crippen molar-refractivity contribution < 1.29 is 55.5 Å². The van der Waals surface area contributed by atoms with Gasteiger partial charge in [0.15, 0.2) is 17.3 Å². The fourth-order valence-corrected chi connectivity index (χ4v) is 1.89. The Morgan fingerprint density at radius 3 is 1.96 bits per heavy atom. The Kier molecular flexibility index (Phi) is 6.06. The molecular weight excluding hydrogens is 332 g/mol. The summed E-state index contributed by atoms with van der Waals surface area (Å²) in [6, 6.07) is 0.433. The third kappa shape index (κ3) is 3.55. The second-order valence-electron chi connectivity index (χ2n) is 4.86. The average Bonchev–Trinajstić information content (AvgIpc) is 2.55. The molecule has 134 valence electrons. The normalized spacial score (nSPS) is 16.2. The van der Waals surface area contributed by atoms with E-state index in [-0.39, 0.29) is 0 Å². The number of hydrogen-bond donors (Lipinski definition) is 9. The molecule has 4 atom stereocenters. The molecule has 9 N–H and O–H groups in total. The van der Waals surface area contributed by atoms with Gasteiger partial charge in [-0.3, -0.25) is 4.79 Å². The first-order chi connectivity index (χ1) is 11.0. The van der Waals surface area contributed by atoms with Crippen LogP contribution in [0.5, 0.6) is 17.2 Å². The molecule has 0 bridgehead atoms. The first-order valence-electron chi connectivity index (χ1n) is 6.43. The van der Waals surface area contributed by atoms with Gasteiger partial charge >= 0.3 is 5.97 Å². The number of benzene rings is 1. The number of carboxylic acid groups (broad SMARTS) is 1. The van der Waals surface area contributed by atoms with Crippen molar-refractivity contribution in [1.29, 1.82) is 0 Å². The van der Waals surface area contributed by atoms with Crippen LogP contribution in [-0.2, 0) is 0 Å². The standard InChI is InChI=1S/C13H16O11/c14-2-5(16)8(18)11(21)12(22)10(20)6-3(13(23)24)1-4(15)7(17)9(6)19/h1,5,8,11-12,14-19,21-22H,2H2,(H,23,24)/t5-,8-,11+,12+/m1/s1. The van der Waals surface area contributed by atoms with Gasteiger partial charge in [0.2, 0.25) is 5.75 Å². The van der Waals surface area contributed by atoms with Gasteiger partial charge in [0, 0.05) is 0 Å². The zero-order valence-electron chi connectivity index (χ0n) is 11.9. The summed E-state index contributed by atoms with van der Waals surface area (Å²) in [4.78, 5) is 23.2. The van der Waals surface area contributed by atoms with E-state index < -0.39 is 71.2 Å². The Hall–Kier alpha value is -2.44. The van der Waals surface area contributed by atoms with Gasteiger partial charge in [0.25, 0.3) is 0 Å². The van der Waals surface area contributed by atoms with Gasteiger partial charge < -0.3 is 46.0 Å². The lowest BCUT2D eigenvalue weighted by Crippen LogP contribution is -2.48. The summed E-state index contributed by atoms with van der Waals surface area (Å²) < 4.78 is 0. The molecule has 1 rings (SSSR count). The Bertz CT molecular complexity index is 641. The van der Waals surface area contributed by atoms with Crippen LogP contribution >= 0.6 is 0 Å². The molecule has 0 spiro atoms. The molecule has 0 fully saturated rings. The summed E-state index contributed by atoms with van der Waals surface area (Å²) in [6.07, 6.45) is -8.95. The van der Waals surface area contributed by atoms with Crippen LogP contribution in [0.1, 0.15) is 20.7 Å². The summed E-state index contributed by atoms with van der Waals surface area (Å²) in [5.41, 5.74) is -2.12. The number of carboxylic acids is 1. The molecule has 1 aromatic rings. The number of rotatable bonds is 7. The predicted octanol–water partition coefficient (Wildman–Crippen LogP) is -2.88. The average molecular weight is 348 g/mol. The predicted molar refractivity (Wildman–Crippen MR) is 73.8 cm³/mol. The third-order valence-corrected chi connectivity index (χ3v) is 3.25. The number of Topliss-reactive ketones (excluding diaryl/α,β-unsaturated/α-hetero) is 1. The van der Waals surface area contributed by atoms with E-state index in [2.05, 4.69) is 0 Å². The van der Waals surface area contributed by atoms with Crippen molar-refractivity contribution >= 4 is 11.8 Å². The maximum absolute atomic E-state index is 12.1. The Morgan fingerprint density at radius 1 is 0.958 bits per heavy atom. The second kappa shape index (κ2) is 7.42. The Balaban J connectivity index is 3.33. The van der Waals surface area contributed by atoms with E-state index in [0.717, 1.165) is 0 Å². The van der Waals surface area contributed by atoms with Gasteiger partial charge in [-0.2, -0.15) is 0 Å². The molecule has 1 aromatic carbocycles. The smallest absolute Gasteiger partial charge is 0.336 e. The Morgan fingerprint density at radius 2 is 1.50 bits per heavy atom. The van der Waals surface area contributed by atoms with Crippen LogP contribution in [0.4, 0.5) is 0 Å². The largest absolute Gasteiger partial charge is 0.504 e. The monoisotopic (exact) mass is 348 g/mol. The number of phenols is 3. The van der Waals surface area contributed by atoms with Gasteiger partial charge in [0.1, 0.15) is 24.4 Å². The molecule has 0 saturated heterocycles. The van der Waals surface area contributed by atoms with Crippen LogP contribution in [0.25, 0.3) is 0 Å². The van der Waals surface area contributed by atoms with Crippen molar-refractivity contribution in [3.05, 3.63) is 17.2 Å². The fourth-order valence-electron chi connectivity index (χ4n) is 1.89. The number of aliphatic hydroxyl groups is 5. The van der Waals surface area contributed by atoms with E-state index in [1.807, 2.05) is 0 Å². The summed E-state index contributed by atoms with van der Waals surface area (Å²) in [5.74, 6) is -7.06. The van der Waals surface area contributed by atoms with Crippen molar-refractivity contribution in [3.8, 4) is 17.2 Å². The number of phenolic OH excluding ortho intramolecular Hbond substituents is 3. The van der Waals surface area contributed by atoms with Crippen LogP contribution in [0.2, 0.25) is 0 Å². The molecule has 0 heterocycles. The van der Waals surface area contributed by atoms with E-state index in [9.17, 15) is 45.3 Å². The summed E-state index contributed by atoms with van der Waals surface area (Å²) in [7, 11) is 0. The first-order valence-corrected chi connectivity index (χ1v) is 6.43. The molecule has 24 heavy (non-hydrogen) atoms. The SMILES string of the molecule is O=C(O)c1cc(O)c(O)c(O)c1C(=O)[C@H](O)[C@@H](O)[C@H](O)[C@H](O)CO. The lowest BCUT2D eigenvalue weighted by molar-refractivity contribution is -0.105. The zero-order chi connectivity index (χ0) is 18.8. The van der Waals surface area contributed by atoms with Gasteiger partial charge in [-0.15, -0.1) is 0 Å². The van der Waals surface area contributed by atoms with E-state index in [0.29, 0.717) is 6.07 Å². The molecule has 0 aliphatic heterocycles. The number of carbonyl (C=O) groups is 2. The molecule has 11 nitrogen and oxygen atoms in total. The molecule has 0 radical (unpaired) electrons. The lowest BCUT2D eigenvalue weighted by atomic mass is 9.92. The molecule has 0 saturated carbocycles. The number of aliphatic hydroxyl groups excluding tert-OH is 5. The number of aromatic carboxylic acids is 1. The molecule has 0 aromatic heterocycles. The minimum Gasteiger partial charge on any atom is -0.504 e. The van der Waals surface area contributed by atoms with Crippen LogP contribution in [0.15, 0.2) is 6.07 Å². The maximum atomic E-state index is 12.1. The highest BCUT2D eigenvalue weighted by Gasteiger charge is 2.38. The highest BCUT2D eigenvalue weighted by atomic mass is 16.4. The summed E-state index contributed by atoms with van der Waals surface area (Å²) in [5, 5.41) is 84.0. The van der Waals surface area contributed by atoms with E-state index in [1.54, 1.807) is 0 Å². The van der Waals surface area contributed by atoms with Crippen molar-refractivity contribution in [2.75, 3.05) is 6.61 Å². The summed E-state index contributed by atoms with van der Waals surface area (Å²) >= 11 is 0. The van der Waals surface area contributed by atoms with Crippen molar-refractivity contribution in [3.63, 3.8) is 0 Å². The van der Waals surface area contributed by atoms with Gasteiger partial charge in [-0.1, -0.05) is 0 Å². The van der Waals surface area contributed by atoms with Crippen LogP contribution in [-0.4, -0.2) is 88.7 Å². The molecule has 0 unspecified atom stereocenters. The number of hydrogen-bond acceptors (Lipinski definition) is 10. The Labute approximate surface area is 133 Å². The van der Waals surface area contributed by atoms with Crippen LogP contribution in [0.3, 0.4) is 0 Å². The fraction of sp³-hybridized carbons (Fsp3) is 0.385. The molecule has 11 heteroatoms. The highest BCUT2D eigenvalue weighted by Crippen LogP contribution is 2.40. The molecule has 0 aliphatic rings. The lowest BCUT2D eigenvalue weighted by Gasteiger charge is -2.25.